The molecule has 153 valence electrons. The van der Waals surface area contributed by atoms with Crippen LogP contribution in [0.2, 0.25) is 0 Å². The second-order valence-corrected chi connectivity index (χ2v) is 23.7. The van der Waals surface area contributed by atoms with Gasteiger partial charge in [-0.1, -0.05) is 0 Å². The van der Waals surface area contributed by atoms with Gasteiger partial charge in [0.15, 0.2) is 0 Å². The summed E-state index contributed by atoms with van der Waals surface area (Å²) in [6.07, 6.45) is 8.39. The fourth-order valence-corrected chi connectivity index (χ4v) is 32.5. The van der Waals surface area contributed by atoms with Crippen molar-refractivity contribution in [2.24, 2.45) is 5.92 Å². The van der Waals surface area contributed by atoms with Crippen LogP contribution in [0.3, 0.4) is 0 Å². The van der Waals surface area contributed by atoms with E-state index in [4.69, 9.17) is 0 Å². The van der Waals surface area contributed by atoms with E-state index in [1.54, 1.807) is 27.1 Å². The second kappa shape index (κ2) is 8.93. The molecule has 1 atom stereocenters. The zero-order chi connectivity index (χ0) is 21.4. The van der Waals surface area contributed by atoms with Crippen LogP contribution in [0.25, 0.3) is 0 Å². The van der Waals surface area contributed by atoms with Gasteiger partial charge in [-0.3, -0.25) is 0 Å². The fourth-order valence-electron chi connectivity index (χ4n) is 5.26. The van der Waals surface area contributed by atoms with E-state index in [1.807, 2.05) is 6.56 Å². The van der Waals surface area contributed by atoms with Gasteiger partial charge in [0.2, 0.25) is 0 Å². The average molecular weight is 489 g/mol. The Morgan fingerprint density at radius 1 is 0.800 bits per heavy atom. The predicted octanol–water partition coefficient (Wildman–Crippen LogP) is 5.86. The second-order valence-electron chi connectivity index (χ2n) is 8.95. The van der Waals surface area contributed by atoms with Crippen LogP contribution in [0.4, 0.5) is 0 Å². The molecule has 0 N–H and O–H groups in total. The molecule has 2 aromatic carbocycles. The summed E-state index contributed by atoms with van der Waals surface area (Å²) in [5, 5.41) is 3.37. The Hall–Kier alpha value is -1.50. The summed E-state index contributed by atoms with van der Waals surface area (Å²) in [5.41, 5.74) is 7.78. The van der Waals surface area contributed by atoms with Crippen molar-refractivity contribution in [3.05, 3.63) is 101 Å². The molecule has 0 spiro atoms. The van der Waals surface area contributed by atoms with Crippen molar-refractivity contribution >= 4 is 16.3 Å². The standard InChI is InChI=1S/C14H15Si.C9H13.C5H5.Zr/c1-11-7-3-5-9-13(11)15-14-10-6-4-8-12(14)2;1-6-5-7(2)9(4)8(6)3;1-2-4-5-3-1;/h3-10,15H,1-2H3;6H,1-4H3;1-3H,4H2;. The maximum atomic E-state index is 2.50. The van der Waals surface area contributed by atoms with Gasteiger partial charge >= 0.3 is 192 Å². The Morgan fingerprint density at radius 2 is 1.37 bits per heavy atom. The molecule has 2 heteroatoms. The van der Waals surface area contributed by atoms with Gasteiger partial charge in [0.05, 0.1) is 0 Å². The molecule has 4 rings (SSSR count). The molecule has 1 unspecified atom stereocenters. The molecule has 0 saturated heterocycles. The summed E-state index contributed by atoms with van der Waals surface area (Å²) in [5.74, 6) is -0.763. The zero-order valence-electron chi connectivity index (χ0n) is 19.2. The van der Waals surface area contributed by atoms with E-state index in [1.165, 1.54) is 17.5 Å². The topological polar surface area (TPSA) is 0 Å². The Bertz CT molecular complexity index is 1050. The van der Waals surface area contributed by atoms with Gasteiger partial charge in [0.25, 0.3) is 0 Å². The van der Waals surface area contributed by atoms with Crippen molar-refractivity contribution in [1.29, 1.82) is 0 Å². The number of benzene rings is 2. The van der Waals surface area contributed by atoms with E-state index in [2.05, 4.69) is 108 Å². The Balaban J connectivity index is 1.99. The molecule has 0 nitrogen and oxygen atoms in total. The Morgan fingerprint density at radius 3 is 1.80 bits per heavy atom. The van der Waals surface area contributed by atoms with Gasteiger partial charge in [0.1, 0.15) is 0 Å². The van der Waals surface area contributed by atoms with Crippen molar-refractivity contribution < 1.29 is 20.9 Å². The molecule has 0 radical (unpaired) electrons. The molecule has 0 fully saturated rings. The fraction of sp³-hybridized carbons (Fsp3) is 0.286. The Kier molecular flexibility index (Phi) is 6.47. The molecule has 0 amide bonds. The van der Waals surface area contributed by atoms with Crippen LogP contribution in [-0.4, -0.2) is 5.92 Å². The third kappa shape index (κ3) is 3.78. The van der Waals surface area contributed by atoms with Gasteiger partial charge in [-0.15, -0.1) is 0 Å². The van der Waals surface area contributed by atoms with Gasteiger partial charge in [0, 0.05) is 0 Å². The number of aryl methyl sites for hydroxylation is 2. The predicted molar refractivity (Wildman–Crippen MR) is 131 cm³/mol. The number of hydrogen-bond acceptors (Lipinski definition) is 0. The molecule has 0 heterocycles. The van der Waals surface area contributed by atoms with Crippen LogP contribution in [-0.2, 0) is 20.9 Å². The first-order chi connectivity index (χ1) is 14.4. The van der Waals surface area contributed by atoms with Crippen LogP contribution in [0.5, 0.6) is 0 Å². The first-order valence-corrected chi connectivity index (χ1v) is 19.6. The van der Waals surface area contributed by atoms with Crippen LogP contribution in [0.15, 0.2) is 90.0 Å². The van der Waals surface area contributed by atoms with Crippen LogP contribution < -0.4 is 10.4 Å². The zero-order valence-corrected chi connectivity index (χ0v) is 22.8. The van der Waals surface area contributed by atoms with Crippen molar-refractivity contribution in [3.63, 3.8) is 0 Å². The van der Waals surface area contributed by atoms with Crippen molar-refractivity contribution in [2.45, 2.75) is 48.0 Å². The minimum absolute atomic E-state index is 0.615. The van der Waals surface area contributed by atoms with E-state index < -0.39 is 26.8 Å². The van der Waals surface area contributed by atoms with Gasteiger partial charge in [-0.2, -0.15) is 0 Å². The van der Waals surface area contributed by atoms with E-state index >= 15 is 0 Å². The van der Waals surface area contributed by atoms with Gasteiger partial charge in [-0.05, 0) is 0 Å². The SMILES string of the molecule is CC1=C(C)C(C)[C]([Zr]([C]2=CC=CC2)[SiH](c2ccccc2C)c2ccccc2C)=C1C. The summed E-state index contributed by atoms with van der Waals surface area (Å²) < 4.78 is 3.69. The first-order valence-electron chi connectivity index (χ1n) is 11.1. The van der Waals surface area contributed by atoms with Gasteiger partial charge < -0.3 is 0 Å². The summed E-state index contributed by atoms with van der Waals surface area (Å²) in [6, 6.07) is 18.6. The van der Waals surface area contributed by atoms with Crippen LogP contribution in [0, 0.1) is 19.8 Å². The van der Waals surface area contributed by atoms with Gasteiger partial charge in [-0.25, -0.2) is 0 Å². The van der Waals surface area contributed by atoms with E-state index in [0.29, 0.717) is 5.92 Å². The summed E-state index contributed by atoms with van der Waals surface area (Å²) in [6.45, 7) is 14.3. The number of rotatable bonds is 5. The molecule has 2 aliphatic carbocycles. The minimum atomic E-state index is -2.17. The monoisotopic (exact) mass is 487 g/mol. The molecule has 0 aromatic heterocycles. The van der Waals surface area contributed by atoms with E-state index in [-0.39, 0.29) is 0 Å². The third-order valence-electron chi connectivity index (χ3n) is 7.34. The average Bonchev–Trinajstić information content (AvgIpc) is 3.33. The molecule has 2 aromatic rings. The number of hydrogen-bond donors (Lipinski definition) is 0. The van der Waals surface area contributed by atoms with E-state index in [0.717, 1.165) is 0 Å². The maximum absolute atomic E-state index is 2.50. The molecule has 0 bridgehead atoms. The van der Waals surface area contributed by atoms with Crippen molar-refractivity contribution in [2.75, 3.05) is 0 Å². The molecular formula is C28H33SiZr. The molecule has 0 aliphatic heterocycles. The Labute approximate surface area is 191 Å². The summed E-state index contributed by atoms with van der Waals surface area (Å²) >= 11 is -2.17. The molecule has 2 aliphatic rings. The number of allylic oxidation sites excluding steroid dienone is 8. The van der Waals surface area contributed by atoms with Crippen LogP contribution in [0.1, 0.15) is 45.2 Å². The van der Waals surface area contributed by atoms with Crippen molar-refractivity contribution in [3.8, 4) is 0 Å². The molecule has 30 heavy (non-hydrogen) atoms. The summed E-state index contributed by atoms with van der Waals surface area (Å²) in [7, 11) is 0. The van der Waals surface area contributed by atoms with E-state index in [9.17, 15) is 0 Å². The normalized spacial score (nSPS) is 18.6. The van der Waals surface area contributed by atoms with Crippen molar-refractivity contribution in [1.82, 2.24) is 0 Å². The molecule has 0 saturated carbocycles. The third-order valence-corrected chi connectivity index (χ3v) is 29.4. The van der Waals surface area contributed by atoms with Crippen LogP contribution >= 0.6 is 0 Å². The first kappa shape index (κ1) is 21.7. The molecular weight excluding hydrogens is 456 g/mol. The quantitative estimate of drug-likeness (QED) is 0.462. The summed E-state index contributed by atoms with van der Waals surface area (Å²) in [4.78, 5) is 0.